The molecule has 0 bridgehead atoms. The van der Waals surface area contributed by atoms with Crippen molar-refractivity contribution in [2.24, 2.45) is 0 Å². The van der Waals surface area contributed by atoms with E-state index < -0.39 is 5.91 Å². The van der Waals surface area contributed by atoms with Gasteiger partial charge in [-0.1, -0.05) is 29.8 Å². The molecule has 1 aliphatic rings. The molecule has 1 heterocycles. The minimum Gasteiger partial charge on any atom is -0.361 e. The van der Waals surface area contributed by atoms with Crippen molar-refractivity contribution in [3.8, 4) is 0 Å². The number of hydrogen-bond acceptors (Lipinski definition) is 3. The van der Waals surface area contributed by atoms with Crippen LogP contribution in [0.4, 0.5) is 0 Å². The van der Waals surface area contributed by atoms with Crippen molar-refractivity contribution in [2.45, 2.75) is 25.3 Å². The minimum atomic E-state index is -0.529. The van der Waals surface area contributed by atoms with Gasteiger partial charge in [-0.05, 0) is 72.3 Å². The van der Waals surface area contributed by atoms with Gasteiger partial charge >= 0.3 is 0 Å². The van der Waals surface area contributed by atoms with Crippen molar-refractivity contribution in [2.75, 3.05) is 6.54 Å². The molecule has 4 rings (SSSR count). The third-order valence-electron chi connectivity index (χ3n) is 5.30. The zero-order chi connectivity index (χ0) is 19.5. The maximum atomic E-state index is 11.1. The molecule has 0 spiro atoms. The molecule has 28 heavy (non-hydrogen) atoms. The van der Waals surface area contributed by atoms with Gasteiger partial charge in [-0.15, -0.1) is 0 Å². The summed E-state index contributed by atoms with van der Waals surface area (Å²) in [4.78, 5) is 14.4. The minimum absolute atomic E-state index is 0.350. The van der Waals surface area contributed by atoms with E-state index in [1.807, 2.05) is 24.3 Å². The van der Waals surface area contributed by atoms with Gasteiger partial charge in [0.25, 0.3) is 5.91 Å². The van der Waals surface area contributed by atoms with E-state index in [0.29, 0.717) is 6.04 Å². The average molecular weight is 396 g/mol. The van der Waals surface area contributed by atoms with E-state index in [9.17, 15) is 4.79 Å². The molecule has 1 unspecified atom stereocenters. The van der Waals surface area contributed by atoms with E-state index in [-0.39, 0.29) is 0 Å². The zero-order valence-corrected chi connectivity index (χ0v) is 16.1. The summed E-state index contributed by atoms with van der Waals surface area (Å²) in [7, 11) is 0. The van der Waals surface area contributed by atoms with E-state index in [0.717, 1.165) is 41.9 Å². The predicted molar refractivity (Wildman–Crippen MR) is 111 cm³/mol. The Morgan fingerprint density at radius 3 is 3.04 bits per heavy atom. The molecule has 144 valence electrons. The Morgan fingerprint density at radius 2 is 2.18 bits per heavy atom. The van der Waals surface area contributed by atoms with Crippen LogP contribution in [-0.2, 0) is 17.6 Å². The fourth-order valence-corrected chi connectivity index (χ4v) is 4.07. The van der Waals surface area contributed by atoms with Crippen LogP contribution in [0.5, 0.6) is 0 Å². The molecule has 6 heteroatoms. The first-order chi connectivity index (χ1) is 13.6. The predicted octanol–water partition coefficient (Wildman–Crippen LogP) is 4.16. The summed E-state index contributed by atoms with van der Waals surface area (Å²) in [6, 6.07) is 12.5. The van der Waals surface area contributed by atoms with Gasteiger partial charge in [0.2, 0.25) is 0 Å². The van der Waals surface area contributed by atoms with Gasteiger partial charge in [0.15, 0.2) is 0 Å². The molecule has 3 aromatic rings. The fourth-order valence-electron chi connectivity index (χ4n) is 3.90. The van der Waals surface area contributed by atoms with Gasteiger partial charge in [-0.25, -0.2) is 5.48 Å². The number of nitrogens with one attached hydrogen (secondary N) is 3. The van der Waals surface area contributed by atoms with E-state index in [1.165, 1.54) is 28.2 Å². The van der Waals surface area contributed by atoms with Crippen molar-refractivity contribution < 1.29 is 10.0 Å². The van der Waals surface area contributed by atoms with Crippen LogP contribution in [0, 0.1) is 0 Å². The van der Waals surface area contributed by atoms with Crippen molar-refractivity contribution >= 4 is 34.5 Å². The standard InChI is InChI=1S/C22H22ClN3O2/c23-17-4-7-21-19(12-17)16(13-25-21)9-10-24-20-6-3-15-11-14(1-5-18(15)20)2-8-22(27)26-28/h1-2,4-5,7-8,11-13,20,24-25,28H,3,6,9-10H2,(H,26,27). The molecule has 0 saturated heterocycles. The Labute approximate surface area is 168 Å². The van der Waals surface area contributed by atoms with E-state index in [2.05, 4.69) is 28.6 Å². The number of amides is 1. The lowest BCUT2D eigenvalue weighted by atomic mass is 10.0. The summed E-state index contributed by atoms with van der Waals surface area (Å²) in [5.41, 5.74) is 7.57. The molecular formula is C22H22ClN3O2. The number of aryl methyl sites for hydroxylation is 1. The van der Waals surface area contributed by atoms with E-state index >= 15 is 0 Å². The SMILES string of the molecule is O=C(C=Cc1ccc2c(c1)CCC2NCCc1c[nH]c2ccc(Cl)cc12)NO. The number of fused-ring (bicyclic) bond motifs is 2. The van der Waals surface area contributed by atoms with E-state index in [4.69, 9.17) is 16.8 Å². The third-order valence-corrected chi connectivity index (χ3v) is 5.53. The van der Waals surface area contributed by atoms with Crippen molar-refractivity contribution in [3.63, 3.8) is 0 Å². The number of rotatable bonds is 6. The first-order valence-corrected chi connectivity index (χ1v) is 9.76. The smallest absolute Gasteiger partial charge is 0.267 e. The van der Waals surface area contributed by atoms with E-state index in [1.54, 1.807) is 11.6 Å². The molecule has 0 radical (unpaired) electrons. The number of hydrogen-bond donors (Lipinski definition) is 4. The van der Waals surface area contributed by atoms with Crippen molar-refractivity contribution in [1.82, 2.24) is 15.8 Å². The molecule has 1 amide bonds. The molecule has 2 aromatic carbocycles. The maximum absolute atomic E-state index is 11.1. The van der Waals surface area contributed by atoms with Crippen LogP contribution in [0.3, 0.4) is 0 Å². The molecule has 1 aliphatic carbocycles. The van der Waals surface area contributed by atoms with Crippen LogP contribution in [-0.4, -0.2) is 22.6 Å². The second-order valence-electron chi connectivity index (χ2n) is 7.07. The number of carbonyl (C=O) groups is 1. The zero-order valence-electron chi connectivity index (χ0n) is 15.3. The Morgan fingerprint density at radius 1 is 1.29 bits per heavy atom. The highest BCUT2D eigenvalue weighted by Crippen LogP contribution is 2.32. The van der Waals surface area contributed by atoms with Crippen molar-refractivity contribution in [3.05, 3.63) is 75.9 Å². The van der Waals surface area contributed by atoms with Crippen LogP contribution in [0.2, 0.25) is 5.02 Å². The molecular weight excluding hydrogens is 374 g/mol. The number of benzene rings is 2. The van der Waals surface area contributed by atoms with Gasteiger partial charge < -0.3 is 10.3 Å². The number of aromatic nitrogens is 1. The molecule has 0 saturated carbocycles. The van der Waals surface area contributed by atoms with Crippen molar-refractivity contribution in [1.29, 1.82) is 0 Å². The molecule has 4 N–H and O–H groups in total. The Bertz CT molecular complexity index is 1040. The number of hydroxylamine groups is 1. The second kappa shape index (κ2) is 8.19. The summed E-state index contributed by atoms with van der Waals surface area (Å²) in [6.45, 7) is 0.891. The van der Waals surface area contributed by atoms with Gasteiger partial charge in [-0.3, -0.25) is 10.0 Å². The summed E-state index contributed by atoms with van der Waals surface area (Å²) in [5.74, 6) is -0.529. The number of carbonyl (C=O) groups excluding carboxylic acids is 1. The monoisotopic (exact) mass is 395 g/mol. The quantitative estimate of drug-likeness (QED) is 0.287. The largest absolute Gasteiger partial charge is 0.361 e. The fraction of sp³-hybridized carbons (Fsp3) is 0.227. The normalized spacial score (nSPS) is 16.0. The van der Waals surface area contributed by atoms with Gasteiger partial charge in [-0.2, -0.15) is 0 Å². The maximum Gasteiger partial charge on any atom is 0.267 e. The van der Waals surface area contributed by atoms with Gasteiger partial charge in [0, 0.05) is 34.2 Å². The number of aromatic amines is 1. The first kappa shape index (κ1) is 18.7. The third kappa shape index (κ3) is 3.97. The second-order valence-corrected chi connectivity index (χ2v) is 7.50. The lowest BCUT2D eigenvalue weighted by Gasteiger charge is -2.14. The summed E-state index contributed by atoms with van der Waals surface area (Å²) in [5, 5.41) is 14.2. The molecule has 0 aliphatic heterocycles. The van der Waals surface area contributed by atoms with Crippen LogP contribution in [0.15, 0.2) is 48.7 Å². The Hall–Kier alpha value is -2.60. The molecule has 0 fully saturated rings. The number of H-pyrrole nitrogens is 1. The molecule has 1 aromatic heterocycles. The average Bonchev–Trinajstić information content (AvgIpc) is 3.30. The summed E-state index contributed by atoms with van der Waals surface area (Å²) >= 11 is 6.13. The van der Waals surface area contributed by atoms with Gasteiger partial charge in [0.05, 0.1) is 0 Å². The topological polar surface area (TPSA) is 77.2 Å². The van der Waals surface area contributed by atoms with Crippen LogP contribution in [0.1, 0.15) is 34.7 Å². The Kier molecular flexibility index (Phi) is 5.48. The van der Waals surface area contributed by atoms with Crippen LogP contribution >= 0.6 is 11.6 Å². The van der Waals surface area contributed by atoms with Crippen LogP contribution in [0.25, 0.3) is 17.0 Å². The molecule has 1 atom stereocenters. The highest BCUT2D eigenvalue weighted by Gasteiger charge is 2.21. The lowest BCUT2D eigenvalue weighted by molar-refractivity contribution is -0.124. The molecule has 5 nitrogen and oxygen atoms in total. The van der Waals surface area contributed by atoms with Crippen LogP contribution < -0.4 is 10.8 Å². The highest BCUT2D eigenvalue weighted by molar-refractivity contribution is 6.31. The van der Waals surface area contributed by atoms with Gasteiger partial charge in [0.1, 0.15) is 0 Å². The highest BCUT2D eigenvalue weighted by atomic mass is 35.5. The first-order valence-electron chi connectivity index (χ1n) is 9.38. The summed E-state index contributed by atoms with van der Waals surface area (Å²) in [6.07, 6.45) is 8.10. The summed E-state index contributed by atoms with van der Waals surface area (Å²) < 4.78 is 0. The lowest BCUT2D eigenvalue weighted by Crippen LogP contribution is -2.21. The Balaban J connectivity index is 1.39. The number of halogens is 1.